The molecule has 166 valence electrons. The van der Waals surface area contributed by atoms with Crippen LogP contribution in [-0.4, -0.2) is 47.4 Å². The first-order chi connectivity index (χ1) is 15.5. The van der Waals surface area contributed by atoms with Crippen LogP contribution in [0.5, 0.6) is 0 Å². The van der Waals surface area contributed by atoms with Crippen molar-refractivity contribution in [2.45, 2.75) is 26.2 Å². The number of nitrogens with zero attached hydrogens (tertiary/aromatic N) is 2. The smallest absolute Gasteiger partial charge is 0.290 e. The fourth-order valence-corrected chi connectivity index (χ4v) is 3.82. The quantitative estimate of drug-likeness (QED) is 0.590. The molecule has 2 heterocycles. The summed E-state index contributed by atoms with van der Waals surface area (Å²) in [6.45, 7) is 3.09. The van der Waals surface area contributed by atoms with Gasteiger partial charge in [-0.15, -0.1) is 0 Å². The van der Waals surface area contributed by atoms with E-state index in [-0.39, 0.29) is 43.1 Å². The summed E-state index contributed by atoms with van der Waals surface area (Å²) < 4.78 is 24.8. The van der Waals surface area contributed by atoms with E-state index in [1.807, 2.05) is 31.2 Å². The van der Waals surface area contributed by atoms with Gasteiger partial charge < -0.3 is 19.0 Å². The molecule has 0 radical (unpaired) electrons. The summed E-state index contributed by atoms with van der Waals surface area (Å²) in [6, 6.07) is 17.4. The summed E-state index contributed by atoms with van der Waals surface area (Å²) in [5, 5.41) is 0. The maximum atomic E-state index is 13.5. The lowest BCUT2D eigenvalue weighted by molar-refractivity contribution is -0.132. The molecule has 1 aromatic heterocycles. The number of carbonyl (C=O) groups excluding carboxylic acids is 2. The SMILES string of the molecule is Cc1cccc(CN2C[C@H](OCc3cccc(F)c3)CN(C(=O)c3ccco3)CC2=O)c1. The van der Waals surface area contributed by atoms with Gasteiger partial charge in [-0.05, 0) is 42.3 Å². The van der Waals surface area contributed by atoms with Crippen LogP contribution in [0, 0.1) is 12.7 Å². The highest BCUT2D eigenvalue weighted by Gasteiger charge is 2.32. The Morgan fingerprint density at radius 2 is 1.91 bits per heavy atom. The second-order valence-electron chi connectivity index (χ2n) is 7.99. The third kappa shape index (κ3) is 5.42. The number of hydrogen-bond donors (Lipinski definition) is 0. The van der Waals surface area contributed by atoms with Crippen LogP contribution in [-0.2, 0) is 22.7 Å². The van der Waals surface area contributed by atoms with Gasteiger partial charge >= 0.3 is 0 Å². The van der Waals surface area contributed by atoms with Crippen LogP contribution < -0.4 is 0 Å². The molecule has 4 rings (SSSR count). The Balaban J connectivity index is 1.53. The Morgan fingerprint density at radius 3 is 2.66 bits per heavy atom. The number of ether oxygens (including phenoxy) is 1. The van der Waals surface area contributed by atoms with Crippen LogP contribution in [0.25, 0.3) is 0 Å². The zero-order valence-corrected chi connectivity index (χ0v) is 17.9. The summed E-state index contributed by atoms with van der Waals surface area (Å²) in [4.78, 5) is 29.1. The Hall–Kier alpha value is -3.45. The maximum Gasteiger partial charge on any atom is 0.290 e. The fraction of sp³-hybridized carbons (Fsp3) is 0.280. The van der Waals surface area contributed by atoms with Crippen molar-refractivity contribution in [3.8, 4) is 0 Å². The lowest BCUT2D eigenvalue weighted by atomic mass is 10.1. The topological polar surface area (TPSA) is 63.0 Å². The molecule has 0 saturated carbocycles. The van der Waals surface area contributed by atoms with Crippen LogP contribution >= 0.6 is 0 Å². The number of hydrogen-bond acceptors (Lipinski definition) is 4. The van der Waals surface area contributed by atoms with Gasteiger partial charge in [0.05, 0.1) is 19.0 Å². The Kier molecular flexibility index (Phi) is 6.66. The van der Waals surface area contributed by atoms with E-state index in [0.717, 1.165) is 11.1 Å². The standard InChI is InChI=1S/C25H25FN2O4/c1-18-5-2-6-19(11-18)13-27-14-22(32-17-20-7-3-8-21(26)12-20)15-28(16-24(27)29)25(30)23-9-4-10-31-23/h2-12,22H,13-17H2,1H3/t22-/m0/s1. The molecule has 0 bridgehead atoms. The highest BCUT2D eigenvalue weighted by atomic mass is 19.1. The molecule has 3 aromatic rings. The molecule has 7 heteroatoms. The molecule has 1 fully saturated rings. The minimum Gasteiger partial charge on any atom is -0.459 e. The van der Waals surface area contributed by atoms with Crippen molar-refractivity contribution in [2.75, 3.05) is 19.6 Å². The summed E-state index contributed by atoms with van der Waals surface area (Å²) >= 11 is 0. The van der Waals surface area contributed by atoms with E-state index < -0.39 is 6.10 Å². The van der Waals surface area contributed by atoms with E-state index in [2.05, 4.69) is 0 Å². The van der Waals surface area contributed by atoms with E-state index in [4.69, 9.17) is 9.15 Å². The largest absolute Gasteiger partial charge is 0.459 e. The van der Waals surface area contributed by atoms with E-state index in [0.29, 0.717) is 18.7 Å². The van der Waals surface area contributed by atoms with E-state index in [1.54, 1.807) is 29.2 Å². The van der Waals surface area contributed by atoms with Gasteiger partial charge in [0.25, 0.3) is 5.91 Å². The normalized spacial score (nSPS) is 16.8. The van der Waals surface area contributed by atoms with Gasteiger partial charge in [-0.2, -0.15) is 0 Å². The summed E-state index contributed by atoms with van der Waals surface area (Å²) in [5.41, 5.74) is 2.81. The van der Waals surface area contributed by atoms with Crippen LogP contribution in [0.4, 0.5) is 4.39 Å². The monoisotopic (exact) mass is 436 g/mol. The van der Waals surface area contributed by atoms with E-state index >= 15 is 0 Å². The lowest BCUT2D eigenvalue weighted by Crippen LogP contribution is -2.39. The number of halogens is 1. The van der Waals surface area contributed by atoms with Gasteiger partial charge in [-0.3, -0.25) is 9.59 Å². The third-order valence-electron chi connectivity index (χ3n) is 5.38. The van der Waals surface area contributed by atoms with Gasteiger partial charge in [0.1, 0.15) is 12.4 Å². The predicted octanol–water partition coefficient (Wildman–Crippen LogP) is 3.80. The minimum absolute atomic E-state index is 0.0643. The Labute approximate surface area is 186 Å². The van der Waals surface area contributed by atoms with Crippen LogP contribution in [0.2, 0.25) is 0 Å². The zero-order chi connectivity index (χ0) is 22.5. The molecule has 1 aliphatic rings. The highest BCUT2D eigenvalue weighted by molar-refractivity contribution is 5.94. The average Bonchev–Trinajstić information content (AvgIpc) is 3.26. The van der Waals surface area contributed by atoms with Crippen molar-refractivity contribution in [3.05, 3.63) is 95.2 Å². The van der Waals surface area contributed by atoms with Crippen molar-refractivity contribution < 1.29 is 23.1 Å². The van der Waals surface area contributed by atoms with Crippen molar-refractivity contribution in [1.82, 2.24) is 9.80 Å². The molecular weight excluding hydrogens is 411 g/mol. The Bertz CT molecular complexity index is 1080. The Morgan fingerprint density at radius 1 is 1.09 bits per heavy atom. The first kappa shape index (κ1) is 21.8. The fourth-order valence-electron chi connectivity index (χ4n) is 3.82. The number of aryl methyl sites for hydroxylation is 1. The number of benzene rings is 2. The number of amides is 2. The molecule has 0 unspecified atom stereocenters. The highest BCUT2D eigenvalue weighted by Crippen LogP contribution is 2.17. The number of furan rings is 1. The first-order valence-corrected chi connectivity index (χ1v) is 10.5. The van der Waals surface area contributed by atoms with Crippen LogP contribution in [0.3, 0.4) is 0 Å². The third-order valence-corrected chi connectivity index (χ3v) is 5.38. The molecule has 0 spiro atoms. The second-order valence-corrected chi connectivity index (χ2v) is 7.99. The molecule has 0 N–H and O–H groups in total. The molecule has 1 saturated heterocycles. The van der Waals surface area contributed by atoms with E-state index in [1.165, 1.54) is 23.3 Å². The van der Waals surface area contributed by atoms with Crippen molar-refractivity contribution in [2.24, 2.45) is 0 Å². The molecule has 0 aliphatic carbocycles. The lowest BCUT2D eigenvalue weighted by Gasteiger charge is -2.25. The molecule has 1 atom stereocenters. The van der Waals surface area contributed by atoms with Gasteiger partial charge in [-0.1, -0.05) is 42.0 Å². The maximum absolute atomic E-state index is 13.5. The minimum atomic E-state index is -0.437. The van der Waals surface area contributed by atoms with Gasteiger partial charge in [0, 0.05) is 19.6 Å². The summed E-state index contributed by atoms with van der Waals surface area (Å²) in [6.07, 6.45) is 0.989. The molecule has 32 heavy (non-hydrogen) atoms. The first-order valence-electron chi connectivity index (χ1n) is 10.5. The molecule has 2 aromatic carbocycles. The van der Waals surface area contributed by atoms with Gasteiger partial charge in [0.15, 0.2) is 5.76 Å². The predicted molar refractivity (Wildman–Crippen MR) is 116 cm³/mol. The van der Waals surface area contributed by atoms with Crippen molar-refractivity contribution in [3.63, 3.8) is 0 Å². The molecule has 6 nitrogen and oxygen atoms in total. The number of carbonyl (C=O) groups is 2. The zero-order valence-electron chi connectivity index (χ0n) is 17.9. The molecular formula is C25H25FN2O4. The van der Waals surface area contributed by atoms with Gasteiger partial charge in [0.2, 0.25) is 5.91 Å². The average molecular weight is 436 g/mol. The molecule has 2 amide bonds. The molecule has 1 aliphatic heterocycles. The van der Waals surface area contributed by atoms with Crippen molar-refractivity contribution in [1.29, 1.82) is 0 Å². The van der Waals surface area contributed by atoms with E-state index in [9.17, 15) is 14.0 Å². The van der Waals surface area contributed by atoms with Crippen molar-refractivity contribution >= 4 is 11.8 Å². The number of rotatable bonds is 6. The van der Waals surface area contributed by atoms with Gasteiger partial charge in [-0.25, -0.2) is 4.39 Å². The van der Waals surface area contributed by atoms with Crippen LogP contribution in [0.1, 0.15) is 27.2 Å². The summed E-state index contributed by atoms with van der Waals surface area (Å²) in [5.74, 6) is -0.685. The second kappa shape index (κ2) is 9.78. The van der Waals surface area contributed by atoms with Crippen LogP contribution in [0.15, 0.2) is 71.3 Å². The summed E-state index contributed by atoms with van der Waals surface area (Å²) in [7, 11) is 0.